The first-order valence-corrected chi connectivity index (χ1v) is 23.1. The van der Waals surface area contributed by atoms with Crippen LogP contribution in [-0.4, -0.2) is 26.4 Å². The maximum atomic E-state index is 10.3. The first-order valence-electron chi connectivity index (χ1n) is 23.1. The number of nitrogens with zero attached hydrogens (tertiary/aromatic N) is 2. The summed E-state index contributed by atoms with van der Waals surface area (Å²) in [5.74, 6) is 2.50. The number of aliphatic hydroxyl groups is 1. The van der Waals surface area contributed by atoms with Crippen LogP contribution in [0.4, 0.5) is 34.1 Å². The summed E-state index contributed by atoms with van der Waals surface area (Å²) < 4.78 is 17.4. The van der Waals surface area contributed by atoms with Crippen LogP contribution >= 0.6 is 0 Å². The summed E-state index contributed by atoms with van der Waals surface area (Å²) in [4.78, 5) is 4.90. The van der Waals surface area contributed by atoms with Gasteiger partial charge in [-0.05, 0) is 211 Å². The zero-order chi connectivity index (χ0) is 47.1. The number of fused-ring (bicyclic) bond motifs is 10. The summed E-state index contributed by atoms with van der Waals surface area (Å²) >= 11 is 0. The molecule has 0 bridgehead atoms. The van der Waals surface area contributed by atoms with Crippen LogP contribution in [0.25, 0.3) is 22.3 Å². The smallest absolute Gasteiger partial charge is 0.119 e. The molecular weight excluding hydrogens is 825 g/mol. The van der Waals surface area contributed by atoms with Crippen LogP contribution in [0.1, 0.15) is 72.3 Å². The van der Waals surface area contributed by atoms with Crippen LogP contribution < -0.4 is 24.0 Å². The third-order valence-electron chi connectivity index (χ3n) is 14.3. The molecular formula is C61H58N2O4. The maximum Gasteiger partial charge on any atom is 0.119 e. The van der Waals surface area contributed by atoms with Crippen molar-refractivity contribution in [3.05, 3.63) is 206 Å². The molecule has 6 nitrogen and oxygen atoms in total. The average molecular weight is 883 g/mol. The van der Waals surface area contributed by atoms with Crippen molar-refractivity contribution in [1.29, 1.82) is 0 Å². The summed E-state index contributed by atoms with van der Waals surface area (Å²) in [5.41, 5.74) is 25.6. The number of rotatable bonds is 10. The van der Waals surface area contributed by atoms with Crippen molar-refractivity contribution in [1.82, 2.24) is 0 Å². The lowest BCUT2D eigenvalue weighted by atomic mass is 9.70. The SMILES string of the molecule is COc1cc(C)c(N(c2ccc3c(c2)C2(c4ccccc4-3)c3ccccc3-c3ccc(N(c4c(C)cc(OC)cc4C)c4c(C)cc(OC)cc4C)cc32)c2c(C)cc(CO)cc2C)c(C)c1. The Labute approximate surface area is 395 Å². The van der Waals surface area contributed by atoms with Gasteiger partial charge < -0.3 is 29.1 Å². The number of aryl methyl sites for hydroxylation is 8. The lowest BCUT2D eigenvalue weighted by molar-refractivity contribution is 0.281. The van der Waals surface area contributed by atoms with Gasteiger partial charge >= 0.3 is 0 Å². The van der Waals surface area contributed by atoms with E-state index in [1.54, 1.807) is 21.3 Å². The standard InChI is InChI=1S/C61H58N2O4/c1-35-24-43(34-64)25-36(2)57(35)62(58-37(3)26-46(65-9)27-38(58)4)44-20-22-51-49-16-12-14-18-53(49)61(55(51)32-44)54-19-15-13-17-50(54)52-23-21-45(33-56(52)61)63(59-39(5)28-47(66-10)29-40(59)6)60-41(7)30-48(67-11)31-42(60)8/h12-33,64H,34H2,1-11H3. The number of ether oxygens (including phenoxy) is 3. The van der Waals surface area contributed by atoms with E-state index in [1.807, 2.05) is 0 Å². The van der Waals surface area contributed by atoms with Crippen molar-refractivity contribution in [3.8, 4) is 39.5 Å². The summed E-state index contributed by atoms with van der Waals surface area (Å²) in [6.07, 6.45) is 0. The molecule has 0 saturated heterocycles. The Balaban J connectivity index is 1.29. The van der Waals surface area contributed by atoms with E-state index >= 15 is 0 Å². The van der Waals surface area contributed by atoms with E-state index in [2.05, 4.69) is 199 Å². The van der Waals surface area contributed by atoms with Crippen molar-refractivity contribution in [2.24, 2.45) is 0 Å². The first kappa shape index (κ1) is 43.6. The number of benzene rings is 8. The van der Waals surface area contributed by atoms with Crippen LogP contribution in [0.15, 0.2) is 133 Å². The fourth-order valence-corrected chi connectivity index (χ4v) is 11.8. The number of hydrogen-bond acceptors (Lipinski definition) is 6. The number of aliphatic hydroxyl groups excluding tert-OH is 1. The highest BCUT2D eigenvalue weighted by atomic mass is 16.5. The van der Waals surface area contributed by atoms with E-state index in [-0.39, 0.29) is 6.61 Å². The number of anilines is 6. The Kier molecular flexibility index (Phi) is 10.8. The normalized spacial score (nSPS) is 14.1. The molecule has 1 spiro atoms. The molecule has 10 rings (SSSR count). The molecule has 0 radical (unpaired) electrons. The van der Waals surface area contributed by atoms with Crippen LogP contribution in [0.2, 0.25) is 0 Å². The van der Waals surface area contributed by atoms with Gasteiger partial charge in [0.2, 0.25) is 0 Å². The second-order valence-electron chi connectivity index (χ2n) is 18.5. The molecule has 0 fully saturated rings. The summed E-state index contributed by atoms with van der Waals surface area (Å²) in [6.45, 7) is 17.4. The molecule has 0 saturated carbocycles. The highest BCUT2D eigenvalue weighted by molar-refractivity contribution is 5.98. The molecule has 1 unspecified atom stereocenters. The van der Waals surface area contributed by atoms with E-state index in [0.29, 0.717) is 0 Å². The quantitative estimate of drug-likeness (QED) is 0.148. The van der Waals surface area contributed by atoms with E-state index in [4.69, 9.17) is 14.2 Å². The molecule has 336 valence electrons. The van der Waals surface area contributed by atoms with Crippen molar-refractivity contribution < 1.29 is 19.3 Å². The number of hydrogen-bond donors (Lipinski definition) is 1. The van der Waals surface area contributed by atoms with Crippen molar-refractivity contribution in [3.63, 3.8) is 0 Å². The van der Waals surface area contributed by atoms with Gasteiger partial charge in [-0.15, -0.1) is 0 Å². The van der Waals surface area contributed by atoms with Gasteiger partial charge in [-0.3, -0.25) is 0 Å². The minimum absolute atomic E-state index is 0.0182. The Morgan fingerprint density at radius 2 is 0.672 bits per heavy atom. The highest BCUT2D eigenvalue weighted by Crippen LogP contribution is 2.64. The highest BCUT2D eigenvalue weighted by Gasteiger charge is 2.52. The summed E-state index contributed by atoms with van der Waals surface area (Å²) in [7, 11) is 5.20. The van der Waals surface area contributed by atoms with Crippen molar-refractivity contribution in [2.45, 2.75) is 67.4 Å². The van der Waals surface area contributed by atoms with Crippen molar-refractivity contribution in [2.75, 3.05) is 31.1 Å². The van der Waals surface area contributed by atoms with E-state index in [1.165, 1.54) is 44.5 Å². The third kappa shape index (κ3) is 6.64. The maximum absolute atomic E-state index is 10.3. The van der Waals surface area contributed by atoms with E-state index < -0.39 is 5.41 Å². The largest absolute Gasteiger partial charge is 0.497 e. The average Bonchev–Trinajstić information content (AvgIpc) is 3.78. The molecule has 0 aliphatic heterocycles. The zero-order valence-electron chi connectivity index (χ0n) is 40.5. The van der Waals surface area contributed by atoms with E-state index in [0.717, 1.165) is 101 Å². The van der Waals surface area contributed by atoms with Crippen LogP contribution in [-0.2, 0) is 12.0 Å². The summed E-state index contributed by atoms with van der Waals surface area (Å²) in [5, 5.41) is 10.3. The molecule has 0 heterocycles. The van der Waals surface area contributed by atoms with Gasteiger partial charge in [-0.1, -0.05) is 72.8 Å². The zero-order valence-corrected chi connectivity index (χ0v) is 40.5. The minimum atomic E-state index is -0.649. The predicted molar refractivity (Wildman–Crippen MR) is 276 cm³/mol. The minimum Gasteiger partial charge on any atom is -0.497 e. The lowest BCUT2D eigenvalue weighted by Crippen LogP contribution is -2.27. The molecule has 6 heteroatoms. The van der Waals surface area contributed by atoms with Gasteiger partial charge in [-0.25, -0.2) is 0 Å². The van der Waals surface area contributed by atoms with Gasteiger partial charge in [0.05, 0.1) is 56.1 Å². The molecule has 0 amide bonds. The molecule has 8 aromatic carbocycles. The Hall–Kier alpha value is -7.28. The number of methoxy groups -OCH3 is 3. The van der Waals surface area contributed by atoms with Crippen molar-refractivity contribution >= 4 is 34.1 Å². The topological polar surface area (TPSA) is 54.4 Å². The van der Waals surface area contributed by atoms with E-state index in [9.17, 15) is 5.11 Å². The Morgan fingerprint density at radius 1 is 0.373 bits per heavy atom. The fraction of sp³-hybridized carbons (Fsp3) is 0.213. The monoisotopic (exact) mass is 882 g/mol. The Morgan fingerprint density at radius 3 is 0.985 bits per heavy atom. The van der Waals surface area contributed by atoms with Gasteiger partial charge in [0, 0.05) is 11.4 Å². The molecule has 2 aliphatic carbocycles. The van der Waals surface area contributed by atoms with Gasteiger partial charge in [0.25, 0.3) is 0 Å². The molecule has 8 aromatic rings. The third-order valence-corrected chi connectivity index (χ3v) is 14.3. The van der Waals surface area contributed by atoms with Crippen LogP contribution in [0.3, 0.4) is 0 Å². The fourth-order valence-electron chi connectivity index (χ4n) is 11.8. The summed E-state index contributed by atoms with van der Waals surface area (Å²) in [6, 6.07) is 49.3. The predicted octanol–water partition coefficient (Wildman–Crippen LogP) is 15.0. The first-order chi connectivity index (χ1) is 32.3. The van der Waals surface area contributed by atoms with Gasteiger partial charge in [0.15, 0.2) is 0 Å². The molecule has 1 atom stereocenters. The van der Waals surface area contributed by atoms with Crippen LogP contribution in [0, 0.1) is 55.4 Å². The Bertz CT molecular complexity index is 2880. The van der Waals surface area contributed by atoms with Gasteiger partial charge in [0.1, 0.15) is 17.2 Å². The molecule has 0 aromatic heterocycles. The van der Waals surface area contributed by atoms with Crippen LogP contribution in [0.5, 0.6) is 17.2 Å². The molecule has 2 aliphatic rings. The molecule has 67 heavy (non-hydrogen) atoms. The second-order valence-corrected chi connectivity index (χ2v) is 18.5. The molecule has 1 N–H and O–H groups in total. The van der Waals surface area contributed by atoms with Gasteiger partial charge in [-0.2, -0.15) is 0 Å². The lowest BCUT2D eigenvalue weighted by Gasteiger charge is -2.35. The second kappa shape index (κ2) is 16.6.